The fraction of sp³-hybridized carbons (Fsp3) is 0.417. The van der Waals surface area contributed by atoms with Crippen LogP contribution in [-0.4, -0.2) is 12.6 Å². The Hall–Kier alpha value is -1.49. The minimum absolute atomic E-state index is 0.0267. The van der Waals surface area contributed by atoms with Gasteiger partial charge in [-0.25, -0.2) is 4.79 Å². The zero-order valence-electron chi connectivity index (χ0n) is 8.69. The average Bonchev–Trinajstić information content (AvgIpc) is 2.13. The molecule has 76 valence electrons. The van der Waals surface area contributed by atoms with Crippen LogP contribution in [0.2, 0.25) is 0 Å². The van der Waals surface area contributed by atoms with Gasteiger partial charge >= 0.3 is 5.97 Å². The highest BCUT2D eigenvalue weighted by Crippen LogP contribution is 1.99. The molecule has 0 atom stereocenters. The largest absolute Gasteiger partial charge is 0.449 e. The summed E-state index contributed by atoms with van der Waals surface area (Å²) in [6, 6.07) is 0. The second-order valence-electron chi connectivity index (χ2n) is 3.23. The van der Waals surface area contributed by atoms with Crippen LogP contribution in [0.4, 0.5) is 0 Å². The molecule has 0 aliphatic rings. The Bertz CT molecular complexity index is 254. The Labute approximate surface area is 85.6 Å². The average molecular weight is 192 g/mol. The number of esters is 1. The van der Waals surface area contributed by atoms with Crippen molar-refractivity contribution in [3.05, 3.63) is 24.3 Å². The molecule has 0 spiro atoms. The van der Waals surface area contributed by atoms with E-state index >= 15 is 0 Å². The number of carbonyl (C=O) groups excluding carboxylic acids is 1. The SMILES string of the molecule is C#CCOC(=O)/C=C/C=C/CC(C)C. The van der Waals surface area contributed by atoms with Crippen LogP contribution in [0.5, 0.6) is 0 Å². The first-order chi connectivity index (χ1) is 6.66. The van der Waals surface area contributed by atoms with Crippen LogP contribution in [-0.2, 0) is 9.53 Å². The van der Waals surface area contributed by atoms with E-state index in [1.807, 2.05) is 12.2 Å². The predicted molar refractivity (Wildman–Crippen MR) is 57.5 cm³/mol. The van der Waals surface area contributed by atoms with E-state index in [0.717, 1.165) is 6.42 Å². The molecule has 2 nitrogen and oxygen atoms in total. The third-order valence-electron chi connectivity index (χ3n) is 1.38. The summed E-state index contributed by atoms with van der Waals surface area (Å²) in [6.07, 6.45) is 12.8. The molecule has 0 saturated heterocycles. The van der Waals surface area contributed by atoms with Crippen molar-refractivity contribution in [1.29, 1.82) is 0 Å². The summed E-state index contributed by atoms with van der Waals surface area (Å²) >= 11 is 0. The molecule has 0 aromatic heterocycles. The molecular weight excluding hydrogens is 176 g/mol. The molecule has 2 heteroatoms. The van der Waals surface area contributed by atoms with Gasteiger partial charge in [-0.05, 0) is 12.3 Å². The van der Waals surface area contributed by atoms with E-state index in [4.69, 9.17) is 6.42 Å². The Kier molecular flexibility index (Phi) is 7.26. The van der Waals surface area contributed by atoms with E-state index in [-0.39, 0.29) is 6.61 Å². The number of carbonyl (C=O) groups is 1. The zero-order valence-corrected chi connectivity index (χ0v) is 8.69. The van der Waals surface area contributed by atoms with Gasteiger partial charge in [-0.1, -0.05) is 38.0 Å². The first-order valence-electron chi connectivity index (χ1n) is 4.60. The number of hydrogen-bond acceptors (Lipinski definition) is 2. The Morgan fingerprint density at radius 2 is 2.21 bits per heavy atom. The Morgan fingerprint density at radius 1 is 1.50 bits per heavy atom. The van der Waals surface area contributed by atoms with Crippen molar-refractivity contribution in [3.63, 3.8) is 0 Å². The normalized spacial score (nSPS) is 11.0. The van der Waals surface area contributed by atoms with Gasteiger partial charge in [0.2, 0.25) is 0 Å². The summed E-state index contributed by atoms with van der Waals surface area (Å²) in [4.78, 5) is 10.9. The van der Waals surface area contributed by atoms with E-state index in [1.54, 1.807) is 6.08 Å². The maximum atomic E-state index is 10.9. The van der Waals surface area contributed by atoms with Gasteiger partial charge in [-0.3, -0.25) is 0 Å². The smallest absolute Gasteiger partial charge is 0.331 e. The van der Waals surface area contributed by atoms with Crippen LogP contribution in [0.15, 0.2) is 24.3 Å². The van der Waals surface area contributed by atoms with Gasteiger partial charge in [0.15, 0.2) is 6.61 Å². The molecule has 0 rings (SSSR count). The maximum absolute atomic E-state index is 10.9. The molecule has 0 unspecified atom stereocenters. The van der Waals surface area contributed by atoms with Crippen LogP contribution in [0.25, 0.3) is 0 Å². The third kappa shape index (κ3) is 8.61. The van der Waals surface area contributed by atoms with E-state index in [1.165, 1.54) is 6.08 Å². The summed E-state index contributed by atoms with van der Waals surface area (Å²) in [6.45, 7) is 4.29. The van der Waals surface area contributed by atoms with E-state index in [0.29, 0.717) is 5.92 Å². The van der Waals surface area contributed by atoms with Crippen molar-refractivity contribution in [2.24, 2.45) is 5.92 Å². The fourth-order valence-corrected chi connectivity index (χ4v) is 0.724. The molecular formula is C12H16O2. The molecule has 0 aromatic rings. The molecule has 0 fully saturated rings. The molecule has 0 aliphatic heterocycles. The van der Waals surface area contributed by atoms with E-state index < -0.39 is 5.97 Å². The van der Waals surface area contributed by atoms with E-state index in [2.05, 4.69) is 24.5 Å². The number of rotatable bonds is 5. The monoisotopic (exact) mass is 192 g/mol. The number of allylic oxidation sites excluding steroid dienone is 3. The molecule has 14 heavy (non-hydrogen) atoms. The summed E-state index contributed by atoms with van der Waals surface area (Å²) in [5.74, 6) is 2.45. The van der Waals surface area contributed by atoms with Crippen molar-refractivity contribution >= 4 is 5.97 Å². The lowest BCUT2D eigenvalue weighted by Crippen LogP contribution is -1.99. The van der Waals surface area contributed by atoms with Crippen LogP contribution < -0.4 is 0 Å². The standard InChI is InChI=1S/C12H16O2/c1-4-10-14-12(13)9-7-5-6-8-11(2)3/h1,5-7,9,11H,8,10H2,2-3H3/b6-5+,9-7+. The lowest BCUT2D eigenvalue weighted by Gasteiger charge is -1.95. The zero-order chi connectivity index (χ0) is 10.8. The topological polar surface area (TPSA) is 26.3 Å². The predicted octanol–water partition coefficient (Wildman–Crippen LogP) is 2.32. The summed E-state index contributed by atoms with van der Waals surface area (Å²) in [7, 11) is 0. The van der Waals surface area contributed by atoms with Crippen LogP contribution in [0.3, 0.4) is 0 Å². The molecule has 0 amide bonds. The first-order valence-corrected chi connectivity index (χ1v) is 4.60. The molecule has 0 aliphatic carbocycles. The summed E-state index contributed by atoms with van der Waals surface area (Å²) in [5, 5.41) is 0. The lowest BCUT2D eigenvalue weighted by atomic mass is 10.1. The Morgan fingerprint density at radius 3 is 2.79 bits per heavy atom. The lowest BCUT2D eigenvalue weighted by molar-refractivity contribution is -0.136. The van der Waals surface area contributed by atoms with Gasteiger partial charge in [0.25, 0.3) is 0 Å². The fourth-order valence-electron chi connectivity index (χ4n) is 0.724. The van der Waals surface area contributed by atoms with Crippen molar-refractivity contribution in [2.45, 2.75) is 20.3 Å². The van der Waals surface area contributed by atoms with Crippen molar-refractivity contribution in [1.82, 2.24) is 0 Å². The second-order valence-corrected chi connectivity index (χ2v) is 3.23. The molecule has 0 saturated carbocycles. The maximum Gasteiger partial charge on any atom is 0.331 e. The van der Waals surface area contributed by atoms with Gasteiger partial charge in [-0.15, -0.1) is 6.42 Å². The number of hydrogen-bond donors (Lipinski definition) is 0. The van der Waals surface area contributed by atoms with Crippen LogP contribution >= 0.6 is 0 Å². The first kappa shape index (κ1) is 12.5. The number of ether oxygens (including phenoxy) is 1. The van der Waals surface area contributed by atoms with Gasteiger partial charge in [0.05, 0.1) is 0 Å². The molecule has 0 radical (unpaired) electrons. The highest BCUT2D eigenvalue weighted by atomic mass is 16.5. The van der Waals surface area contributed by atoms with E-state index in [9.17, 15) is 4.79 Å². The second kappa shape index (κ2) is 8.12. The third-order valence-corrected chi connectivity index (χ3v) is 1.38. The summed E-state index contributed by atoms with van der Waals surface area (Å²) in [5.41, 5.74) is 0. The van der Waals surface area contributed by atoms with Crippen molar-refractivity contribution in [3.8, 4) is 12.3 Å². The quantitative estimate of drug-likeness (QED) is 0.289. The minimum atomic E-state index is -0.405. The van der Waals surface area contributed by atoms with Crippen molar-refractivity contribution < 1.29 is 9.53 Å². The van der Waals surface area contributed by atoms with Gasteiger partial charge in [0.1, 0.15) is 0 Å². The van der Waals surface area contributed by atoms with Crippen molar-refractivity contribution in [2.75, 3.05) is 6.61 Å². The highest BCUT2D eigenvalue weighted by Gasteiger charge is 1.91. The Balaban J connectivity index is 3.67. The molecule has 0 bridgehead atoms. The summed E-state index contributed by atoms with van der Waals surface area (Å²) < 4.78 is 4.62. The molecule has 0 heterocycles. The van der Waals surface area contributed by atoms with Gasteiger partial charge in [0, 0.05) is 6.08 Å². The van der Waals surface area contributed by atoms with Crippen LogP contribution in [0, 0.1) is 18.3 Å². The highest BCUT2D eigenvalue weighted by molar-refractivity contribution is 5.82. The molecule has 0 aromatic carbocycles. The van der Waals surface area contributed by atoms with Gasteiger partial charge < -0.3 is 4.74 Å². The molecule has 0 N–H and O–H groups in total. The minimum Gasteiger partial charge on any atom is -0.449 e. The van der Waals surface area contributed by atoms with Gasteiger partial charge in [-0.2, -0.15) is 0 Å². The van der Waals surface area contributed by atoms with Crippen LogP contribution in [0.1, 0.15) is 20.3 Å². The number of terminal acetylenes is 1.